The number of anilines is 1. The molecule has 1 aliphatic carbocycles. The second-order valence-corrected chi connectivity index (χ2v) is 9.92. The second kappa shape index (κ2) is 10.8. The number of nitrogens with zero attached hydrogens (tertiary/aromatic N) is 6. The Morgan fingerprint density at radius 3 is 2.74 bits per heavy atom. The molecule has 0 radical (unpaired) electrons. The summed E-state index contributed by atoms with van der Waals surface area (Å²) in [5.41, 5.74) is 0.0651. The molecule has 1 fully saturated rings. The van der Waals surface area contributed by atoms with Gasteiger partial charge in [-0.1, -0.05) is 24.3 Å². The van der Waals surface area contributed by atoms with E-state index in [2.05, 4.69) is 9.97 Å². The highest BCUT2D eigenvalue weighted by atomic mass is 35.5. The van der Waals surface area contributed by atoms with Gasteiger partial charge in [-0.05, 0) is 48.9 Å². The van der Waals surface area contributed by atoms with Crippen LogP contribution in [0.2, 0.25) is 5.28 Å². The van der Waals surface area contributed by atoms with Gasteiger partial charge in [-0.3, -0.25) is 14.9 Å². The van der Waals surface area contributed by atoms with Crippen LogP contribution < -0.4 is 4.90 Å². The molecular weight excluding hydrogens is 516 g/mol. The topological polar surface area (TPSA) is 163 Å². The van der Waals surface area contributed by atoms with Crippen molar-refractivity contribution < 1.29 is 24.4 Å². The van der Waals surface area contributed by atoms with E-state index in [0.717, 1.165) is 22.4 Å². The van der Waals surface area contributed by atoms with Crippen LogP contribution in [-0.4, -0.2) is 69.2 Å². The summed E-state index contributed by atoms with van der Waals surface area (Å²) in [7, 11) is 1.28. The van der Waals surface area contributed by atoms with E-state index in [0.29, 0.717) is 12.8 Å². The molecule has 38 heavy (non-hydrogen) atoms. The Morgan fingerprint density at radius 1 is 1.34 bits per heavy atom. The van der Waals surface area contributed by atoms with Crippen molar-refractivity contribution in [1.82, 2.24) is 14.9 Å². The number of hydrogen-bond acceptors (Lipinski definition) is 9. The standard InChI is InChI=1S/C25H27ClN6O6/c1-15-13-31(24(34)35)17(9-11-27)14-30(15)21-20(32(36)37)19(28-23(26)29-21)12-25(22(33)38-2)10-5-7-16-6-3-4-8-18(16)25/h3-4,6,8,15,17H,5,7,9-10,12-14H2,1-2H3,(H,34,35). The average molecular weight is 543 g/mol. The molecule has 2 aromatic rings. The molecule has 1 aromatic heterocycles. The van der Waals surface area contributed by atoms with Crippen molar-refractivity contribution in [2.75, 3.05) is 25.1 Å². The van der Waals surface area contributed by atoms with Gasteiger partial charge in [0.2, 0.25) is 11.1 Å². The highest BCUT2D eigenvalue weighted by molar-refractivity contribution is 6.28. The quantitative estimate of drug-likeness (QED) is 0.247. The first-order chi connectivity index (χ1) is 18.1. The molecule has 1 saturated heterocycles. The van der Waals surface area contributed by atoms with Crippen molar-refractivity contribution in [3.63, 3.8) is 0 Å². The molecule has 12 nitrogen and oxygen atoms in total. The maximum absolute atomic E-state index is 13.3. The molecule has 3 unspecified atom stereocenters. The van der Waals surface area contributed by atoms with Crippen LogP contribution in [0.15, 0.2) is 24.3 Å². The number of aryl methyl sites for hydroxylation is 1. The number of nitro groups is 1. The molecule has 0 spiro atoms. The summed E-state index contributed by atoms with van der Waals surface area (Å²) in [6.45, 7) is 1.72. The Balaban J connectivity index is 1.84. The Kier molecular flexibility index (Phi) is 7.68. The molecule has 3 atom stereocenters. The van der Waals surface area contributed by atoms with Crippen molar-refractivity contribution in [1.29, 1.82) is 5.26 Å². The van der Waals surface area contributed by atoms with Crippen molar-refractivity contribution in [3.8, 4) is 6.07 Å². The van der Waals surface area contributed by atoms with Gasteiger partial charge in [-0.15, -0.1) is 0 Å². The highest BCUT2D eigenvalue weighted by Crippen LogP contribution is 2.44. The molecule has 1 aromatic carbocycles. The number of methoxy groups -OCH3 is 1. The van der Waals surface area contributed by atoms with E-state index in [9.17, 15) is 30.1 Å². The number of piperazine rings is 1. The second-order valence-electron chi connectivity index (χ2n) is 9.58. The minimum atomic E-state index is -1.21. The fourth-order valence-electron chi connectivity index (χ4n) is 5.69. The van der Waals surface area contributed by atoms with Gasteiger partial charge >= 0.3 is 17.7 Å². The van der Waals surface area contributed by atoms with Crippen molar-refractivity contribution >= 4 is 35.2 Å². The van der Waals surface area contributed by atoms with Gasteiger partial charge < -0.3 is 19.6 Å². The van der Waals surface area contributed by atoms with Gasteiger partial charge in [0.15, 0.2) is 0 Å². The number of ether oxygens (including phenoxy) is 1. The number of benzene rings is 1. The number of hydrogen-bond donors (Lipinski definition) is 1. The number of fused-ring (bicyclic) bond motifs is 1. The zero-order chi connectivity index (χ0) is 27.6. The van der Waals surface area contributed by atoms with E-state index >= 15 is 0 Å². The zero-order valence-electron chi connectivity index (χ0n) is 21.0. The van der Waals surface area contributed by atoms with Crippen LogP contribution in [0.25, 0.3) is 0 Å². The third kappa shape index (κ3) is 4.81. The lowest BCUT2D eigenvalue weighted by Crippen LogP contribution is -2.59. The van der Waals surface area contributed by atoms with E-state index < -0.39 is 40.2 Å². The molecule has 2 heterocycles. The lowest BCUT2D eigenvalue weighted by atomic mass is 9.67. The summed E-state index contributed by atoms with van der Waals surface area (Å²) in [5, 5.41) is 31.1. The van der Waals surface area contributed by atoms with Crippen molar-refractivity contribution in [3.05, 3.63) is 56.5 Å². The maximum atomic E-state index is 13.3. The predicted octanol–water partition coefficient (Wildman–Crippen LogP) is 3.50. The smallest absolute Gasteiger partial charge is 0.407 e. The van der Waals surface area contributed by atoms with Gasteiger partial charge in [0.1, 0.15) is 5.69 Å². The van der Waals surface area contributed by atoms with Crippen LogP contribution in [0.4, 0.5) is 16.3 Å². The fourth-order valence-corrected chi connectivity index (χ4v) is 5.87. The number of halogens is 1. The van der Waals surface area contributed by atoms with E-state index in [1.807, 2.05) is 30.3 Å². The Hall–Kier alpha value is -3.98. The summed E-state index contributed by atoms with van der Waals surface area (Å²) < 4.78 is 5.20. The fraction of sp³-hybridized carbons (Fsp3) is 0.480. The molecule has 4 rings (SSSR count). The van der Waals surface area contributed by atoms with Gasteiger partial charge in [0.25, 0.3) is 0 Å². The number of esters is 1. The number of carbonyl (C=O) groups is 2. The Labute approximate surface area is 223 Å². The number of carbonyl (C=O) groups excluding carboxylic acids is 1. The van der Waals surface area contributed by atoms with Gasteiger partial charge in [-0.2, -0.15) is 10.2 Å². The SMILES string of the molecule is COC(=O)C1(Cc2nc(Cl)nc(N3CC(CC#N)N(C(=O)O)CC3C)c2[N+](=O)[O-])CCCc2ccccc21. The number of aromatic nitrogens is 2. The predicted molar refractivity (Wildman–Crippen MR) is 136 cm³/mol. The number of amides is 1. The molecule has 0 bridgehead atoms. The zero-order valence-corrected chi connectivity index (χ0v) is 21.7. The van der Waals surface area contributed by atoms with E-state index in [1.54, 1.807) is 11.8 Å². The van der Waals surface area contributed by atoms with E-state index in [-0.39, 0.29) is 42.7 Å². The van der Waals surface area contributed by atoms with Crippen LogP contribution in [0.3, 0.4) is 0 Å². The molecule has 2 aliphatic rings. The Morgan fingerprint density at radius 2 is 2.08 bits per heavy atom. The van der Waals surface area contributed by atoms with E-state index in [4.69, 9.17) is 16.3 Å². The molecule has 200 valence electrons. The minimum absolute atomic E-state index is 0.000370. The van der Waals surface area contributed by atoms with Crippen LogP contribution >= 0.6 is 11.6 Å². The lowest BCUT2D eigenvalue weighted by molar-refractivity contribution is -0.385. The van der Waals surface area contributed by atoms with E-state index in [1.165, 1.54) is 7.11 Å². The third-order valence-electron chi connectivity index (χ3n) is 7.41. The monoisotopic (exact) mass is 542 g/mol. The molecule has 13 heteroatoms. The summed E-state index contributed by atoms with van der Waals surface area (Å²) in [4.78, 5) is 48.1. The third-order valence-corrected chi connectivity index (χ3v) is 7.58. The maximum Gasteiger partial charge on any atom is 0.407 e. The molecule has 1 amide bonds. The first-order valence-electron chi connectivity index (χ1n) is 12.1. The van der Waals surface area contributed by atoms with Crippen LogP contribution in [0, 0.1) is 21.4 Å². The first kappa shape index (κ1) is 27.1. The summed E-state index contributed by atoms with van der Waals surface area (Å²) >= 11 is 6.30. The van der Waals surface area contributed by atoms with Crippen LogP contribution in [0.5, 0.6) is 0 Å². The van der Waals surface area contributed by atoms with Crippen LogP contribution in [0.1, 0.15) is 43.0 Å². The number of carboxylic acid groups (broad SMARTS) is 1. The first-order valence-corrected chi connectivity index (χ1v) is 12.5. The van der Waals surface area contributed by atoms with Crippen LogP contribution in [-0.2, 0) is 27.8 Å². The molecular formula is C25H27ClN6O6. The number of nitriles is 1. The van der Waals surface area contributed by atoms with Gasteiger partial charge in [0.05, 0.1) is 36.0 Å². The van der Waals surface area contributed by atoms with Gasteiger partial charge in [0, 0.05) is 25.6 Å². The van der Waals surface area contributed by atoms with Gasteiger partial charge in [-0.25, -0.2) is 9.78 Å². The summed E-state index contributed by atoms with van der Waals surface area (Å²) in [6, 6.07) is 8.20. The minimum Gasteiger partial charge on any atom is -0.468 e. The van der Waals surface area contributed by atoms with Crippen molar-refractivity contribution in [2.45, 2.75) is 56.5 Å². The summed E-state index contributed by atoms with van der Waals surface area (Å²) in [5.74, 6) is -0.595. The van der Waals surface area contributed by atoms with Crippen molar-refractivity contribution in [2.24, 2.45) is 0 Å². The number of rotatable bonds is 6. The highest BCUT2D eigenvalue weighted by Gasteiger charge is 2.47. The summed E-state index contributed by atoms with van der Waals surface area (Å²) in [6.07, 6.45) is 0.435. The lowest BCUT2D eigenvalue weighted by Gasteiger charge is -2.43. The molecule has 0 saturated carbocycles. The largest absolute Gasteiger partial charge is 0.468 e. The normalized spacial score (nSPS) is 22.8. The molecule has 1 aliphatic heterocycles. The average Bonchev–Trinajstić information content (AvgIpc) is 2.88. The molecule has 1 N–H and O–H groups in total. The Bertz CT molecular complexity index is 1320.